The summed E-state index contributed by atoms with van der Waals surface area (Å²) < 4.78 is 38.4. The standard InChI is InChI=1S/C49H31N3S/c1-30-14-16-31(17-15-30)32-18-20-33(21-19-32)34-22-24-36(25-23-34)46-41-10-2-5-11-42(41)50-49(51-46)52-43-12-6-3-8-37(43)39-28-26-35-27-29-40-38-9-4-7-13-44(38)53-48(40)45(35)47(39)52/h2-29H,1H3/i14D,15D,16D,17D. The third-order valence-corrected chi connectivity index (χ3v) is 11.6. The Morgan fingerprint density at radius 2 is 1.11 bits per heavy atom. The molecule has 0 saturated heterocycles. The summed E-state index contributed by atoms with van der Waals surface area (Å²) >= 11 is 1.84. The second-order valence-electron chi connectivity index (χ2n) is 13.5. The molecule has 0 unspecified atom stereocenters. The molecule has 0 fully saturated rings. The Labute approximate surface area is 315 Å². The van der Waals surface area contributed by atoms with E-state index in [-0.39, 0.29) is 24.2 Å². The number of hydrogen-bond donors (Lipinski definition) is 0. The number of para-hydroxylation sites is 2. The molecule has 11 rings (SSSR count). The van der Waals surface area contributed by atoms with Crippen LogP contribution in [-0.2, 0) is 0 Å². The minimum atomic E-state index is -0.0236. The van der Waals surface area contributed by atoms with Gasteiger partial charge in [-0.15, -0.1) is 11.3 Å². The van der Waals surface area contributed by atoms with Crippen LogP contribution >= 0.6 is 11.3 Å². The molecule has 4 heteroatoms. The fraction of sp³-hybridized carbons (Fsp3) is 0.0204. The summed E-state index contributed by atoms with van der Waals surface area (Å²) in [4.78, 5) is 10.7. The van der Waals surface area contributed by atoms with E-state index >= 15 is 0 Å². The van der Waals surface area contributed by atoms with Crippen LogP contribution in [0.1, 0.15) is 11.0 Å². The molecular formula is C49H31N3S. The molecule has 248 valence electrons. The van der Waals surface area contributed by atoms with Gasteiger partial charge in [-0.25, -0.2) is 9.97 Å². The second kappa shape index (κ2) is 11.7. The summed E-state index contributed by atoms with van der Waals surface area (Å²) in [5.41, 5.74) is 8.13. The monoisotopic (exact) mass is 697 g/mol. The van der Waals surface area contributed by atoms with Gasteiger partial charge in [0.1, 0.15) is 0 Å². The van der Waals surface area contributed by atoms with Crippen molar-refractivity contribution in [3.05, 3.63) is 175 Å². The van der Waals surface area contributed by atoms with Gasteiger partial charge in [0.25, 0.3) is 0 Å². The average molecular weight is 698 g/mol. The van der Waals surface area contributed by atoms with Crippen LogP contribution in [0, 0.1) is 6.92 Å². The van der Waals surface area contributed by atoms with Crippen molar-refractivity contribution in [1.82, 2.24) is 14.5 Å². The molecular weight excluding hydrogens is 663 g/mol. The molecule has 11 aromatic rings. The number of thiophene rings is 1. The summed E-state index contributed by atoms with van der Waals surface area (Å²) in [5, 5.41) is 8.19. The van der Waals surface area contributed by atoms with E-state index in [1.165, 1.54) is 30.9 Å². The van der Waals surface area contributed by atoms with Gasteiger partial charge in [0.2, 0.25) is 5.95 Å². The molecule has 0 spiro atoms. The van der Waals surface area contributed by atoms with Gasteiger partial charge in [-0.1, -0.05) is 157 Å². The first-order valence-electron chi connectivity index (χ1n) is 19.7. The van der Waals surface area contributed by atoms with Crippen LogP contribution in [0.3, 0.4) is 0 Å². The lowest BCUT2D eigenvalue weighted by atomic mass is 9.98. The molecule has 8 aromatic carbocycles. The van der Waals surface area contributed by atoms with Gasteiger partial charge in [-0.3, -0.25) is 4.57 Å². The molecule has 0 N–H and O–H groups in total. The molecule has 3 nitrogen and oxygen atoms in total. The molecule has 0 aliphatic heterocycles. The fourth-order valence-electron chi connectivity index (χ4n) is 7.80. The summed E-state index contributed by atoms with van der Waals surface area (Å²) in [7, 11) is 0. The van der Waals surface area contributed by atoms with Crippen molar-refractivity contribution in [2.75, 3.05) is 0 Å². The lowest BCUT2D eigenvalue weighted by Crippen LogP contribution is -2.03. The first-order chi connectivity index (χ1) is 27.9. The van der Waals surface area contributed by atoms with Crippen LogP contribution in [0.2, 0.25) is 0 Å². The Kier molecular flexibility index (Phi) is 5.79. The SMILES string of the molecule is [2H]c1c([2H])c(-c2ccc(-c3ccc(-c4nc(-n5c6ccccc6c6ccc7ccc8c9ccccc9sc8c7c65)nc5ccccc45)cc3)cc2)c([2H])c([2H])c1C. The zero-order valence-electron chi connectivity index (χ0n) is 32.6. The molecule has 0 bridgehead atoms. The van der Waals surface area contributed by atoms with Crippen molar-refractivity contribution in [3.8, 4) is 39.5 Å². The number of hydrogen-bond acceptors (Lipinski definition) is 3. The van der Waals surface area contributed by atoms with E-state index in [0.717, 1.165) is 55.1 Å². The molecule has 0 saturated carbocycles. The van der Waals surface area contributed by atoms with Gasteiger partial charge in [0.15, 0.2) is 0 Å². The third-order valence-electron chi connectivity index (χ3n) is 10.4. The van der Waals surface area contributed by atoms with Crippen LogP contribution in [0.4, 0.5) is 0 Å². The molecule has 0 atom stereocenters. The Hall–Kier alpha value is -6.62. The molecule has 0 aliphatic carbocycles. The highest BCUT2D eigenvalue weighted by molar-refractivity contribution is 7.26. The number of nitrogens with zero attached hydrogens (tertiary/aromatic N) is 3. The van der Waals surface area contributed by atoms with Gasteiger partial charge in [-0.2, -0.15) is 0 Å². The van der Waals surface area contributed by atoms with E-state index in [0.29, 0.717) is 22.6 Å². The first kappa shape index (κ1) is 26.2. The smallest absolute Gasteiger partial charge is 0.235 e. The first-order valence-corrected chi connectivity index (χ1v) is 18.5. The van der Waals surface area contributed by atoms with Crippen molar-refractivity contribution in [2.24, 2.45) is 0 Å². The number of aromatic nitrogens is 3. The fourth-order valence-corrected chi connectivity index (χ4v) is 9.06. The van der Waals surface area contributed by atoms with E-state index in [1.54, 1.807) is 6.92 Å². The Bertz CT molecular complexity index is 3420. The quantitative estimate of drug-likeness (QED) is 0.183. The van der Waals surface area contributed by atoms with E-state index < -0.39 is 0 Å². The van der Waals surface area contributed by atoms with Crippen molar-refractivity contribution in [2.45, 2.75) is 6.92 Å². The summed E-state index contributed by atoms with van der Waals surface area (Å²) in [6.45, 7) is 1.62. The Morgan fingerprint density at radius 1 is 0.509 bits per heavy atom. The summed E-state index contributed by atoms with van der Waals surface area (Å²) in [6, 6.07) is 50.3. The largest absolute Gasteiger partial charge is 0.277 e. The topological polar surface area (TPSA) is 30.7 Å². The zero-order valence-corrected chi connectivity index (χ0v) is 29.4. The lowest BCUT2D eigenvalue weighted by Gasteiger charge is -2.13. The van der Waals surface area contributed by atoms with Gasteiger partial charge in [0, 0.05) is 47.3 Å². The molecule has 3 aromatic heterocycles. The highest BCUT2D eigenvalue weighted by atomic mass is 32.1. The van der Waals surface area contributed by atoms with E-state index in [2.05, 4.69) is 114 Å². The maximum absolute atomic E-state index is 8.52. The van der Waals surface area contributed by atoms with Crippen LogP contribution in [0.15, 0.2) is 170 Å². The molecule has 53 heavy (non-hydrogen) atoms. The average Bonchev–Trinajstić information content (AvgIpc) is 3.81. The zero-order chi connectivity index (χ0) is 38.5. The number of benzene rings is 8. The highest BCUT2D eigenvalue weighted by Gasteiger charge is 2.21. The van der Waals surface area contributed by atoms with Gasteiger partial charge in [-0.05, 0) is 52.8 Å². The summed E-state index contributed by atoms with van der Waals surface area (Å²) in [5.74, 6) is 0.616. The molecule has 0 amide bonds. The molecule has 3 heterocycles. The van der Waals surface area contributed by atoms with Crippen LogP contribution < -0.4 is 0 Å². The van der Waals surface area contributed by atoms with Crippen LogP contribution in [-0.4, -0.2) is 14.5 Å². The highest BCUT2D eigenvalue weighted by Crippen LogP contribution is 2.44. The normalized spacial score (nSPS) is 12.9. The summed E-state index contributed by atoms with van der Waals surface area (Å²) in [6.07, 6.45) is 0. The Balaban J connectivity index is 1.08. The second-order valence-corrected chi connectivity index (χ2v) is 14.5. The van der Waals surface area contributed by atoms with Crippen molar-refractivity contribution in [3.63, 3.8) is 0 Å². The van der Waals surface area contributed by atoms with Gasteiger partial charge >= 0.3 is 0 Å². The molecule has 0 radical (unpaired) electrons. The third kappa shape index (κ3) is 4.73. The number of fused-ring (bicyclic) bond motifs is 10. The Morgan fingerprint density at radius 3 is 1.87 bits per heavy atom. The maximum Gasteiger partial charge on any atom is 0.235 e. The van der Waals surface area contributed by atoms with Crippen molar-refractivity contribution < 1.29 is 5.48 Å². The van der Waals surface area contributed by atoms with Crippen LogP contribution in [0.5, 0.6) is 0 Å². The van der Waals surface area contributed by atoms with E-state index in [1.807, 2.05) is 47.7 Å². The van der Waals surface area contributed by atoms with E-state index in [9.17, 15) is 0 Å². The van der Waals surface area contributed by atoms with Gasteiger partial charge in [0.05, 0.1) is 27.7 Å². The maximum atomic E-state index is 8.52. The predicted molar refractivity (Wildman–Crippen MR) is 225 cm³/mol. The van der Waals surface area contributed by atoms with Crippen molar-refractivity contribution in [1.29, 1.82) is 0 Å². The van der Waals surface area contributed by atoms with E-state index in [4.69, 9.17) is 15.5 Å². The lowest BCUT2D eigenvalue weighted by molar-refractivity contribution is 1.02. The van der Waals surface area contributed by atoms with Gasteiger partial charge < -0.3 is 0 Å². The number of rotatable bonds is 4. The predicted octanol–water partition coefficient (Wildman–Crippen LogP) is 13.6. The van der Waals surface area contributed by atoms with Crippen LogP contribution in [0.25, 0.3) is 103 Å². The van der Waals surface area contributed by atoms with Crippen molar-refractivity contribution >= 4 is 75.0 Å². The molecule has 0 aliphatic rings. The minimum absolute atomic E-state index is 0.00828. The minimum Gasteiger partial charge on any atom is -0.277 e.